The van der Waals surface area contributed by atoms with Crippen LogP contribution >= 0.6 is 11.8 Å². The summed E-state index contributed by atoms with van der Waals surface area (Å²) in [7, 11) is 0. The fraction of sp³-hybridized carbons (Fsp3) is 0.200. The smallest absolute Gasteiger partial charge is 0.239 e. The van der Waals surface area contributed by atoms with Crippen LogP contribution in [0, 0.1) is 6.92 Å². The zero-order valence-electron chi connectivity index (χ0n) is 9.94. The number of hydrogen-bond acceptors (Lipinski definition) is 8. The van der Waals surface area contributed by atoms with Gasteiger partial charge in [-0.3, -0.25) is 5.10 Å². The number of thioether (sulfide) groups is 1. The first-order chi connectivity index (χ1) is 9.31. The lowest BCUT2D eigenvalue weighted by atomic mass is 10.4. The summed E-state index contributed by atoms with van der Waals surface area (Å²) < 4.78 is 5.11. The first kappa shape index (κ1) is 11.8. The van der Waals surface area contributed by atoms with Crippen molar-refractivity contribution < 1.29 is 4.52 Å². The molecule has 96 valence electrons. The number of rotatable bonds is 4. The second-order valence-electron chi connectivity index (χ2n) is 3.68. The lowest BCUT2D eigenvalue weighted by Crippen LogP contribution is -1.88. The highest BCUT2D eigenvalue weighted by molar-refractivity contribution is 7.98. The maximum atomic E-state index is 5.11. The molecule has 0 bridgehead atoms. The van der Waals surface area contributed by atoms with Gasteiger partial charge in [-0.25, -0.2) is 15.0 Å². The van der Waals surface area contributed by atoms with Gasteiger partial charge in [-0.15, -0.1) is 0 Å². The van der Waals surface area contributed by atoms with Crippen LogP contribution in [0.3, 0.4) is 0 Å². The van der Waals surface area contributed by atoms with Gasteiger partial charge in [-0.2, -0.15) is 10.1 Å². The number of aromatic amines is 1. The predicted molar refractivity (Wildman–Crippen MR) is 66.0 cm³/mol. The summed E-state index contributed by atoms with van der Waals surface area (Å²) in [5, 5.41) is 10.9. The first-order valence-corrected chi connectivity index (χ1v) is 6.39. The van der Waals surface area contributed by atoms with Crippen molar-refractivity contribution in [3.63, 3.8) is 0 Å². The summed E-state index contributed by atoms with van der Waals surface area (Å²) in [4.78, 5) is 16.5. The van der Waals surface area contributed by atoms with Crippen LogP contribution in [0.1, 0.15) is 11.5 Å². The number of hydrogen-bond donors (Lipinski definition) is 1. The topological polar surface area (TPSA) is 106 Å². The van der Waals surface area contributed by atoms with Crippen molar-refractivity contribution in [3.05, 3.63) is 30.2 Å². The summed E-state index contributed by atoms with van der Waals surface area (Å²) in [6.45, 7) is 1.94. The van der Waals surface area contributed by atoms with E-state index in [1.807, 2.05) is 6.92 Å². The number of aryl methyl sites for hydroxylation is 1. The molecule has 0 atom stereocenters. The summed E-state index contributed by atoms with van der Waals surface area (Å²) in [5.74, 6) is 1.86. The quantitative estimate of drug-likeness (QED) is 0.560. The Kier molecular flexibility index (Phi) is 3.19. The highest BCUT2D eigenvalue weighted by Crippen LogP contribution is 2.19. The average Bonchev–Trinajstić information content (AvgIpc) is 3.09. The van der Waals surface area contributed by atoms with E-state index in [1.165, 1.54) is 18.1 Å². The molecule has 3 aromatic rings. The molecule has 0 saturated heterocycles. The van der Waals surface area contributed by atoms with Crippen LogP contribution in [-0.2, 0) is 5.75 Å². The first-order valence-electron chi connectivity index (χ1n) is 5.41. The third kappa shape index (κ3) is 2.76. The van der Waals surface area contributed by atoms with Gasteiger partial charge in [-0.1, -0.05) is 16.9 Å². The molecule has 0 aliphatic rings. The largest absolute Gasteiger partial charge is 0.338 e. The minimum absolute atomic E-state index is 0.387. The summed E-state index contributed by atoms with van der Waals surface area (Å²) in [6, 6.07) is 0. The minimum atomic E-state index is 0.387. The molecule has 3 rings (SSSR count). The molecular formula is C10H9N7OS. The van der Waals surface area contributed by atoms with Crippen molar-refractivity contribution in [1.82, 2.24) is 35.3 Å². The second-order valence-corrected chi connectivity index (χ2v) is 4.62. The molecule has 1 N–H and O–H groups in total. The molecule has 0 unspecified atom stereocenters. The molecule has 0 saturated carbocycles. The Balaban J connectivity index is 1.66. The molecule has 0 spiro atoms. The Labute approximate surface area is 112 Å². The Hall–Kier alpha value is -2.29. The maximum Gasteiger partial charge on any atom is 0.239 e. The summed E-state index contributed by atoms with van der Waals surface area (Å²) in [5.41, 5.74) is 1.02. The van der Waals surface area contributed by atoms with E-state index in [2.05, 4.69) is 35.3 Å². The predicted octanol–water partition coefficient (Wildman–Crippen LogP) is 1.25. The zero-order valence-corrected chi connectivity index (χ0v) is 10.8. The zero-order chi connectivity index (χ0) is 13.1. The molecule has 0 aromatic carbocycles. The van der Waals surface area contributed by atoms with Gasteiger partial charge in [0.25, 0.3) is 0 Å². The molecule has 9 heteroatoms. The third-order valence-electron chi connectivity index (χ3n) is 2.18. The fourth-order valence-electron chi connectivity index (χ4n) is 1.30. The highest BCUT2D eigenvalue weighted by atomic mass is 32.2. The average molecular weight is 275 g/mol. The van der Waals surface area contributed by atoms with Crippen molar-refractivity contribution in [3.8, 4) is 11.6 Å². The standard InChI is InChI=1S/C10H9N7OS/c1-6-2-11-10(12-3-6)19-4-7-15-9(17-18-7)8-13-5-14-16-8/h2-3,5H,4H2,1H3,(H,13,14,16). The van der Waals surface area contributed by atoms with E-state index < -0.39 is 0 Å². The van der Waals surface area contributed by atoms with Crippen LogP contribution in [0.5, 0.6) is 0 Å². The van der Waals surface area contributed by atoms with Gasteiger partial charge < -0.3 is 4.52 Å². The van der Waals surface area contributed by atoms with E-state index >= 15 is 0 Å². The lowest BCUT2D eigenvalue weighted by Gasteiger charge is -1.96. The molecule has 0 amide bonds. The van der Waals surface area contributed by atoms with Crippen LogP contribution in [0.15, 0.2) is 28.4 Å². The summed E-state index contributed by atoms with van der Waals surface area (Å²) in [6.07, 6.45) is 4.92. The van der Waals surface area contributed by atoms with Gasteiger partial charge in [0.05, 0.1) is 5.75 Å². The minimum Gasteiger partial charge on any atom is -0.338 e. The number of aromatic nitrogens is 7. The van der Waals surface area contributed by atoms with Crippen LogP contribution in [0.2, 0.25) is 0 Å². The Morgan fingerprint density at radius 3 is 2.84 bits per heavy atom. The Morgan fingerprint density at radius 2 is 2.11 bits per heavy atom. The Bertz CT molecular complexity index is 649. The second kappa shape index (κ2) is 5.14. The van der Waals surface area contributed by atoms with Crippen molar-refractivity contribution in [2.45, 2.75) is 17.8 Å². The number of nitrogens with one attached hydrogen (secondary N) is 1. The molecule has 0 fully saturated rings. The SMILES string of the molecule is Cc1cnc(SCc2nc(-c3ncn[nH]3)no2)nc1. The molecule has 0 aliphatic carbocycles. The van der Waals surface area contributed by atoms with Crippen LogP contribution in [0.4, 0.5) is 0 Å². The molecule has 0 aliphatic heterocycles. The molecule has 3 aromatic heterocycles. The van der Waals surface area contributed by atoms with E-state index in [1.54, 1.807) is 12.4 Å². The normalized spacial score (nSPS) is 10.8. The van der Waals surface area contributed by atoms with Crippen LogP contribution in [0.25, 0.3) is 11.6 Å². The van der Waals surface area contributed by atoms with Crippen LogP contribution in [-0.4, -0.2) is 35.3 Å². The van der Waals surface area contributed by atoms with E-state index in [0.29, 0.717) is 28.4 Å². The molecular weight excluding hydrogens is 266 g/mol. The molecule has 3 heterocycles. The van der Waals surface area contributed by atoms with Crippen LogP contribution < -0.4 is 0 Å². The molecule has 19 heavy (non-hydrogen) atoms. The summed E-state index contributed by atoms with van der Waals surface area (Å²) >= 11 is 1.43. The van der Waals surface area contributed by atoms with Gasteiger partial charge in [0.15, 0.2) is 11.0 Å². The van der Waals surface area contributed by atoms with Gasteiger partial charge in [0.2, 0.25) is 11.7 Å². The number of nitrogens with zero attached hydrogens (tertiary/aromatic N) is 6. The van der Waals surface area contributed by atoms with Crippen molar-refractivity contribution in [2.24, 2.45) is 0 Å². The van der Waals surface area contributed by atoms with Crippen molar-refractivity contribution >= 4 is 11.8 Å². The van der Waals surface area contributed by atoms with E-state index in [0.717, 1.165) is 5.56 Å². The fourth-order valence-corrected chi connectivity index (χ4v) is 1.93. The highest BCUT2D eigenvalue weighted by Gasteiger charge is 2.11. The maximum absolute atomic E-state index is 5.11. The monoisotopic (exact) mass is 275 g/mol. The third-order valence-corrected chi connectivity index (χ3v) is 3.04. The molecule has 8 nitrogen and oxygen atoms in total. The van der Waals surface area contributed by atoms with E-state index in [-0.39, 0.29) is 0 Å². The molecule has 0 radical (unpaired) electrons. The van der Waals surface area contributed by atoms with Gasteiger partial charge >= 0.3 is 0 Å². The van der Waals surface area contributed by atoms with Gasteiger partial charge in [0.1, 0.15) is 6.33 Å². The number of H-pyrrole nitrogens is 1. The van der Waals surface area contributed by atoms with E-state index in [9.17, 15) is 0 Å². The Morgan fingerprint density at radius 1 is 1.26 bits per heavy atom. The van der Waals surface area contributed by atoms with Gasteiger partial charge in [0, 0.05) is 12.4 Å². The lowest BCUT2D eigenvalue weighted by molar-refractivity contribution is 0.391. The van der Waals surface area contributed by atoms with Crippen molar-refractivity contribution in [1.29, 1.82) is 0 Å². The van der Waals surface area contributed by atoms with Gasteiger partial charge in [-0.05, 0) is 12.5 Å². The van der Waals surface area contributed by atoms with Crippen molar-refractivity contribution in [2.75, 3.05) is 0 Å². The van der Waals surface area contributed by atoms with E-state index in [4.69, 9.17) is 4.52 Å².